The summed E-state index contributed by atoms with van der Waals surface area (Å²) in [5.74, 6) is 1.14. The summed E-state index contributed by atoms with van der Waals surface area (Å²) in [6.45, 7) is 3.85. The molecule has 0 bridgehead atoms. The zero-order valence-electron chi connectivity index (χ0n) is 19.7. The van der Waals surface area contributed by atoms with Crippen molar-refractivity contribution in [1.82, 2.24) is 24.7 Å². The van der Waals surface area contributed by atoms with Gasteiger partial charge >= 0.3 is 0 Å². The quantitative estimate of drug-likeness (QED) is 0.254. The predicted octanol–water partition coefficient (Wildman–Crippen LogP) is 6.43. The molecule has 0 atom stereocenters. The second kappa shape index (κ2) is 10.3. The van der Waals surface area contributed by atoms with Gasteiger partial charge in [-0.05, 0) is 65.5 Å². The highest BCUT2D eigenvalue weighted by molar-refractivity contribution is 6.28. The first-order valence-corrected chi connectivity index (χ1v) is 12.0. The molecule has 0 spiro atoms. The van der Waals surface area contributed by atoms with Crippen LogP contribution in [-0.2, 0) is 19.5 Å². The number of halogens is 1. The number of hydrogen-bond donors (Lipinski definition) is 0. The lowest BCUT2D eigenvalue weighted by Gasteiger charge is -2.19. The van der Waals surface area contributed by atoms with Gasteiger partial charge in [0.05, 0.1) is 0 Å². The Balaban J connectivity index is 1.47. The Hall–Kier alpha value is -3.74. The van der Waals surface area contributed by atoms with Crippen LogP contribution >= 0.6 is 11.6 Å². The van der Waals surface area contributed by atoms with E-state index in [2.05, 4.69) is 94.8 Å². The van der Waals surface area contributed by atoms with Crippen LogP contribution < -0.4 is 4.74 Å². The number of hydrogen-bond acceptors (Lipinski definition) is 5. The van der Waals surface area contributed by atoms with Crippen molar-refractivity contribution in [2.75, 3.05) is 7.05 Å². The molecule has 3 aromatic carbocycles. The van der Waals surface area contributed by atoms with Gasteiger partial charge < -0.3 is 4.74 Å². The molecule has 0 aliphatic carbocycles. The van der Waals surface area contributed by atoms with E-state index in [9.17, 15) is 0 Å². The maximum absolute atomic E-state index is 6.27. The molecule has 0 unspecified atom stereocenters. The largest absolute Gasteiger partial charge is 0.437 e. The molecular formula is C28H26ClN5O. The van der Waals surface area contributed by atoms with Gasteiger partial charge in [0.25, 0.3) is 0 Å². The Labute approximate surface area is 209 Å². The first kappa shape index (κ1) is 23.0. The Bertz CT molecular complexity index is 1450. The minimum Gasteiger partial charge on any atom is -0.437 e. The van der Waals surface area contributed by atoms with Gasteiger partial charge in [-0.15, -0.1) is 15.3 Å². The molecule has 0 aliphatic heterocycles. The van der Waals surface area contributed by atoms with Gasteiger partial charge in [-0.25, -0.2) is 0 Å². The number of nitrogens with zero attached hydrogens (tertiary/aromatic N) is 5. The van der Waals surface area contributed by atoms with Crippen LogP contribution in [0.25, 0.3) is 16.8 Å². The Morgan fingerprint density at radius 2 is 1.63 bits per heavy atom. The van der Waals surface area contributed by atoms with E-state index in [-0.39, 0.29) is 5.28 Å². The Kier molecular flexibility index (Phi) is 6.75. The molecule has 35 heavy (non-hydrogen) atoms. The first-order valence-electron chi connectivity index (χ1n) is 11.6. The molecule has 2 aromatic heterocycles. The van der Waals surface area contributed by atoms with Crippen molar-refractivity contribution < 1.29 is 4.74 Å². The average Bonchev–Trinajstić information content (AvgIpc) is 3.25. The van der Waals surface area contributed by atoms with E-state index < -0.39 is 0 Å². The molecule has 0 N–H and O–H groups in total. The molecule has 2 heterocycles. The fourth-order valence-corrected chi connectivity index (χ4v) is 4.29. The summed E-state index contributed by atoms with van der Waals surface area (Å²) in [6.07, 6.45) is 0.966. The van der Waals surface area contributed by atoms with Gasteiger partial charge in [-0.2, -0.15) is 4.52 Å². The zero-order chi connectivity index (χ0) is 24.2. The minimum absolute atomic E-state index is 0.193. The molecule has 0 fully saturated rings. The minimum atomic E-state index is 0.193. The topological polar surface area (TPSA) is 55.5 Å². The van der Waals surface area contributed by atoms with Crippen LogP contribution in [0.5, 0.6) is 11.6 Å². The van der Waals surface area contributed by atoms with Crippen LogP contribution in [0.3, 0.4) is 0 Å². The van der Waals surface area contributed by atoms with Gasteiger partial charge in [0.15, 0.2) is 5.65 Å². The van der Waals surface area contributed by atoms with E-state index in [0.29, 0.717) is 11.5 Å². The summed E-state index contributed by atoms with van der Waals surface area (Å²) in [5, 5.41) is 12.5. The number of fused-ring (bicyclic) bond motifs is 1. The number of benzene rings is 3. The molecule has 0 aliphatic rings. The number of rotatable bonds is 8. The van der Waals surface area contributed by atoms with Crippen LogP contribution in [0.2, 0.25) is 5.28 Å². The highest BCUT2D eigenvalue weighted by Gasteiger charge is 2.13. The highest BCUT2D eigenvalue weighted by atomic mass is 35.5. The van der Waals surface area contributed by atoms with E-state index >= 15 is 0 Å². The summed E-state index contributed by atoms with van der Waals surface area (Å²) in [7, 11) is 2.14. The van der Waals surface area contributed by atoms with Gasteiger partial charge in [-0.1, -0.05) is 67.6 Å². The van der Waals surface area contributed by atoms with E-state index in [0.717, 1.165) is 36.4 Å². The number of ether oxygens (including phenoxy) is 1. The molecule has 5 aromatic rings. The average molecular weight is 484 g/mol. The standard InChI is InChI=1S/C28H26ClN5O/c1-3-20-10-7-11-23(16-20)24-17-22(19-33(2)18-21-8-5-4-6-9-21)12-13-25(24)35-27-15-14-26-30-31-28(29)34(26)32-27/h4-17H,3,18-19H2,1-2H3. The SMILES string of the molecule is CCc1cccc(-c2cc(CN(C)Cc3ccccc3)ccc2Oc2ccc3nnc(Cl)n3n2)c1. The van der Waals surface area contributed by atoms with Crippen molar-refractivity contribution in [2.24, 2.45) is 0 Å². The Morgan fingerprint density at radius 3 is 2.46 bits per heavy atom. The van der Waals surface area contributed by atoms with E-state index in [1.54, 1.807) is 12.1 Å². The second-order valence-corrected chi connectivity index (χ2v) is 8.89. The molecule has 5 rings (SSSR count). The monoisotopic (exact) mass is 483 g/mol. The first-order chi connectivity index (χ1) is 17.1. The summed E-state index contributed by atoms with van der Waals surface area (Å²) in [5.41, 5.74) is 6.46. The number of aromatic nitrogens is 4. The molecule has 176 valence electrons. The molecule has 7 heteroatoms. The van der Waals surface area contributed by atoms with Gasteiger partial charge in [0.1, 0.15) is 5.75 Å². The fourth-order valence-electron chi connectivity index (χ4n) is 4.12. The van der Waals surface area contributed by atoms with Crippen molar-refractivity contribution >= 4 is 17.2 Å². The maximum Gasteiger partial charge on any atom is 0.246 e. The third kappa shape index (κ3) is 5.34. The van der Waals surface area contributed by atoms with Crippen LogP contribution in [0, 0.1) is 0 Å². The molecule has 0 amide bonds. The summed E-state index contributed by atoms with van der Waals surface area (Å²) >= 11 is 6.10. The molecular weight excluding hydrogens is 458 g/mol. The van der Waals surface area contributed by atoms with Crippen LogP contribution in [-0.4, -0.2) is 31.8 Å². The van der Waals surface area contributed by atoms with E-state index in [1.165, 1.54) is 21.2 Å². The predicted molar refractivity (Wildman–Crippen MR) is 139 cm³/mol. The molecule has 6 nitrogen and oxygen atoms in total. The van der Waals surface area contributed by atoms with Crippen LogP contribution in [0.1, 0.15) is 23.6 Å². The van der Waals surface area contributed by atoms with Gasteiger partial charge in [-0.3, -0.25) is 4.90 Å². The van der Waals surface area contributed by atoms with Crippen molar-refractivity contribution in [3.05, 3.63) is 107 Å². The Morgan fingerprint density at radius 1 is 0.829 bits per heavy atom. The summed E-state index contributed by atoms with van der Waals surface area (Å²) < 4.78 is 7.73. The van der Waals surface area contributed by atoms with Crippen molar-refractivity contribution in [1.29, 1.82) is 0 Å². The molecule has 0 saturated carbocycles. The third-order valence-corrected chi connectivity index (χ3v) is 6.09. The van der Waals surface area contributed by atoms with E-state index in [4.69, 9.17) is 16.3 Å². The smallest absolute Gasteiger partial charge is 0.246 e. The van der Waals surface area contributed by atoms with Crippen molar-refractivity contribution in [3.8, 4) is 22.8 Å². The highest BCUT2D eigenvalue weighted by Crippen LogP contribution is 2.35. The zero-order valence-corrected chi connectivity index (χ0v) is 20.5. The lowest BCUT2D eigenvalue weighted by atomic mass is 9.99. The normalized spacial score (nSPS) is 11.3. The van der Waals surface area contributed by atoms with Crippen molar-refractivity contribution in [3.63, 3.8) is 0 Å². The van der Waals surface area contributed by atoms with E-state index in [1.807, 2.05) is 12.1 Å². The lowest BCUT2D eigenvalue weighted by Crippen LogP contribution is -2.17. The molecule has 0 saturated heterocycles. The maximum atomic E-state index is 6.27. The number of aryl methyl sites for hydroxylation is 1. The lowest BCUT2D eigenvalue weighted by molar-refractivity contribution is 0.319. The summed E-state index contributed by atoms with van der Waals surface area (Å²) in [6, 6.07) is 28.9. The van der Waals surface area contributed by atoms with Crippen LogP contribution in [0.4, 0.5) is 0 Å². The van der Waals surface area contributed by atoms with Crippen LogP contribution in [0.15, 0.2) is 84.9 Å². The molecule has 0 radical (unpaired) electrons. The second-order valence-electron chi connectivity index (χ2n) is 8.55. The fraction of sp³-hybridized carbons (Fsp3) is 0.179. The van der Waals surface area contributed by atoms with Crippen molar-refractivity contribution in [2.45, 2.75) is 26.4 Å². The van der Waals surface area contributed by atoms with Gasteiger partial charge in [0.2, 0.25) is 11.2 Å². The van der Waals surface area contributed by atoms with Gasteiger partial charge in [0, 0.05) is 24.7 Å². The summed E-state index contributed by atoms with van der Waals surface area (Å²) in [4.78, 5) is 2.31. The third-order valence-electron chi connectivity index (χ3n) is 5.85.